The number of para-hydroxylation sites is 1. The quantitative estimate of drug-likeness (QED) is 0.470. The Morgan fingerprint density at radius 2 is 1.77 bits per heavy atom. The molecule has 7 heteroatoms. The summed E-state index contributed by atoms with van der Waals surface area (Å²) in [7, 11) is 0. The van der Waals surface area contributed by atoms with Crippen LogP contribution < -0.4 is 5.73 Å². The third-order valence-corrected chi connectivity index (χ3v) is 7.37. The van der Waals surface area contributed by atoms with E-state index in [2.05, 4.69) is 17.3 Å². The predicted molar refractivity (Wildman–Crippen MR) is 110 cm³/mol. The number of rotatable bonds is 5. The minimum atomic E-state index is -0.361. The van der Waals surface area contributed by atoms with E-state index in [9.17, 15) is 14.4 Å². The van der Waals surface area contributed by atoms with E-state index in [0.717, 1.165) is 27.9 Å². The van der Waals surface area contributed by atoms with Crippen molar-refractivity contribution < 1.29 is 14.4 Å². The van der Waals surface area contributed by atoms with Gasteiger partial charge in [-0.2, -0.15) is 10.1 Å². The van der Waals surface area contributed by atoms with E-state index in [1.54, 1.807) is 6.21 Å². The summed E-state index contributed by atoms with van der Waals surface area (Å²) in [5.41, 5.74) is 7.05. The number of nitrogens with zero attached hydrogens (tertiary/aromatic N) is 3. The highest BCUT2D eigenvalue weighted by atomic mass is 16.2. The molecular formula is C23H22N4O3. The van der Waals surface area contributed by atoms with Crippen molar-refractivity contribution in [1.29, 1.82) is 0 Å². The standard InChI is InChI=1S/C23H22N4O3/c24-19(28)7-8-26-11-12(13-3-1-2-4-18(13)26)10-25-27-22(29)20-14-5-6-15(17-9-16(14)17)21(20)23(27)30/h1-6,10-11,14-17,20-21H,7-9H2,(H2,24,28)/b25-10-/t14-,15-,16-,17+,20-,21+/m0/s1. The Labute approximate surface area is 173 Å². The number of carbonyl (C=O) groups excluding carboxylic acids is 3. The number of amides is 3. The molecule has 3 amide bonds. The van der Waals surface area contributed by atoms with Gasteiger partial charge in [0.2, 0.25) is 5.91 Å². The van der Waals surface area contributed by atoms with Gasteiger partial charge >= 0.3 is 0 Å². The maximum absolute atomic E-state index is 13.1. The Morgan fingerprint density at radius 1 is 1.10 bits per heavy atom. The molecule has 1 aromatic carbocycles. The Kier molecular flexibility index (Phi) is 3.61. The molecule has 2 bridgehead atoms. The van der Waals surface area contributed by atoms with Crippen molar-refractivity contribution in [3.05, 3.63) is 48.2 Å². The molecule has 3 fully saturated rings. The smallest absolute Gasteiger partial charge is 0.254 e. The summed E-state index contributed by atoms with van der Waals surface area (Å²) in [6.07, 6.45) is 9.17. The second-order valence-electron chi connectivity index (χ2n) is 8.90. The third-order valence-electron chi connectivity index (χ3n) is 7.37. The third kappa shape index (κ3) is 2.38. The average molecular weight is 402 g/mol. The molecule has 4 aliphatic carbocycles. The molecule has 0 radical (unpaired) electrons. The fourth-order valence-corrected chi connectivity index (χ4v) is 5.97. The minimum absolute atomic E-state index is 0.164. The monoisotopic (exact) mass is 402 g/mol. The Bertz CT molecular complexity index is 1130. The molecule has 2 aromatic rings. The summed E-state index contributed by atoms with van der Waals surface area (Å²) in [6.45, 7) is 0.465. The lowest BCUT2D eigenvalue weighted by molar-refractivity contribution is -0.140. The van der Waals surface area contributed by atoms with Gasteiger partial charge in [-0.25, -0.2) is 0 Å². The molecule has 30 heavy (non-hydrogen) atoms. The molecule has 2 N–H and O–H groups in total. The van der Waals surface area contributed by atoms with Crippen LogP contribution in [0, 0.1) is 35.5 Å². The van der Waals surface area contributed by atoms with E-state index in [4.69, 9.17) is 5.73 Å². The second kappa shape index (κ2) is 6.14. The van der Waals surface area contributed by atoms with Gasteiger partial charge in [0.1, 0.15) is 0 Å². The number of fused-ring (bicyclic) bond motifs is 1. The number of allylic oxidation sites excluding steroid dienone is 2. The van der Waals surface area contributed by atoms with Gasteiger partial charge in [-0.3, -0.25) is 14.4 Å². The van der Waals surface area contributed by atoms with Gasteiger partial charge in [0.05, 0.1) is 18.1 Å². The SMILES string of the molecule is NC(=O)CCn1cc(/C=N\N2C(=O)[C@@H]3[C@H]4C=C[C@@H]([C@@H]5C[C@H]45)[C@@H]3C2=O)c2ccccc21. The van der Waals surface area contributed by atoms with Crippen LogP contribution in [0.15, 0.2) is 47.7 Å². The van der Waals surface area contributed by atoms with Crippen molar-refractivity contribution in [1.82, 2.24) is 9.58 Å². The van der Waals surface area contributed by atoms with Gasteiger partial charge in [-0.15, -0.1) is 0 Å². The van der Waals surface area contributed by atoms with E-state index in [0.29, 0.717) is 18.4 Å². The number of aromatic nitrogens is 1. The molecule has 1 aliphatic heterocycles. The minimum Gasteiger partial charge on any atom is -0.370 e. The number of carbonyl (C=O) groups is 3. The van der Waals surface area contributed by atoms with Crippen molar-refractivity contribution in [2.75, 3.05) is 0 Å². The molecule has 6 atom stereocenters. The number of hydrazone groups is 1. The molecule has 2 saturated carbocycles. The molecular weight excluding hydrogens is 380 g/mol. The van der Waals surface area contributed by atoms with E-state index >= 15 is 0 Å². The van der Waals surface area contributed by atoms with Gasteiger partial charge in [0.15, 0.2) is 0 Å². The van der Waals surface area contributed by atoms with Crippen molar-refractivity contribution in [3.63, 3.8) is 0 Å². The molecule has 0 spiro atoms. The first-order valence-corrected chi connectivity index (χ1v) is 10.5. The lowest BCUT2D eigenvalue weighted by Gasteiger charge is -2.37. The average Bonchev–Trinajstić information content (AvgIpc) is 3.45. The zero-order valence-electron chi connectivity index (χ0n) is 16.3. The van der Waals surface area contributed by atoms with Gasteiger partial charge in [0.25, 0.3) is 11.8 Å². The van der Waals surface area contributed by atoms with Crippen LogP contribution >= 0.6 is 0 Å². The van der Waals surface area contributed by atoms with Gasteiger partial charge in [-0.05, 0) is 36.2 Å². The van der Waals surface area contributed by atoms with Crippen LogP contribution in [0.1, 0.15) is 18.4 Å². The predicted octanol–water partition coefficient (Wildman–Crippen LogP) is 1.90. The highest BCUT2D eigenvalue weighted by Crippen LogP contribution is 2.65. The molecule has 5 aliphatic rings. The lowest BCUT2D eigenvalue weighted by atomic mass is 9.63. The molecule has 1 aromatic heterocycles. The lowest BCUT2D eigenvalue weighted by Crippen LogP contribution is -2.40. The first-order valence-electron chi connectivity index (χ1n) is 10.5. The number of hydrogen-bond acceptors (Lipinski definition) is 4. The van der Waals surface area contributed by atoms with Crippen LogP contribution in [0.5, 0.6) is 0 Å². The fourth-order valence-electron chi connectivity index (χ4n) is 5.97. The van der Waals surface area contributed by atoms with Crippen molar-refractivity contribution in [3.8, 4) is 0 Å². The van der Waals surface area contributed by atoms with E-state index < -0.39 is 0 Å². The van der Waals surface area contributed by atoms with Gasteiger partial charge < -0.3 is 10.3 Å². The summed E-state index contributed by atoms with van der Waals surface area (Å²) >= 11 is 0. The summed E-state index contributed by atoms with van der Waals surface area (Å²) in [6, 6.07) is 7.78. The topological polar surface area (TPSA) is 97.8 Å². The van der Waals surface area contributed by atoms with Gasteiger partial charge in [-0.1, -0.05) is 30.4 Å². The molecule has 7 nitrogen and oxygen atoms in total. The van der Waals surface area contributed by atoms with Crippen LogP contribution in [0.3, 0.4) is 0 Å². The van der Waals surface area contributed by atoms with Crippen LogP contribution in [0.2, 0.25) is 0 Å². The molecule has 152 valence electrons. The van der Waals surface area contributed by atoms with Crippen molar-refractivity contribution >= 4 is 34.8 Å². The van der Waals surface area contributed by atoms with Crippen LogP contribution in [-0.2, 0) is 20.9 Å². The second-order valence-corrected chi connectivity index (χ2v) is 8.90. The first kappa shape index (κ1) is 17.6. The number of nitrogens with two attached hydrogens (primary N) is 1. The van der Waals surface area contributed by atoms with Crippen molar-refractivity contribution in [2.24, 2.45) is 46.3 Å². The number of benzene rings is 1. The Hall–Kier alpha value is -3.22. The Balaban J connectivity index is 1.31. The fraction of sp³-hybridized carbons (Fsp3) is 0.391. The van der Waals surface area contributed by atoms with E-state index in [-0.39, 0.29) is 47.8 Å². The summed E-state index contributed by atoms with van der Waals surface area (Å²) < 4.78 is 1.95. The first-order chi connectivity index (χ1) is 14.5. The zero-order chi connectivity index (χ0) is 20.6. The molecule has 7 rings (SSSR count). The maximum atomic E-state index is 13.1. The highest BCUT2D eigenvalue weighted by molar-refractivity contribution is 6.07. The molecule has 1 saturated heterocycles. The maximum Gasteiger partial charge on any atom is 0.254 e. The van der Waals surface area contributed by atoms with Crippen LogP contribution in [-0.4, -0.2) is 33.5 Å². The number of primary amides is 1. The van der Waals surface area contributed by atoms with E-state index in [1.165, 1.54) is 0 Å². The largest absolute Gasteiger partial charge is 0.370 e. The number of aryl methyl sites for hydroxylation is 1. The van der Waals surface area contributed by atoms with Crippen molar-refractivity contribution in [2.45, 2.75) is 19.4 Å². The van der Waals surface area contributed by atoms with Crippen LogP contribution in [0.4, 0.5) is 0 Å². The zero-order valence-corrected chi connectivity index (χ0v) is 16.3. The molecule has 2 heterocycles. The van der Waals surface area contributed by atoms with Gasteiger partial charge in [0, 0.05) is 35.6 Å². The normalized spacial score (nSPS) is 33.5. The summed E-state index contributed by atoms with van der Waals surface area (Å²) in [5, 5.41) is 6.40. The number of hydrogen-bond donors (Lipinski definition) is 1. The number of imide groups is 1. The van der Waals surface area contributed by atoms with E-state index in [1.807, 2.05) is 35.0 Å². The highest BCUT2D eigenvalue weighted by Gasteiger charge is 2.67. The summed E-state index contributed by atoms with van der Waals surface area (Å²) in [4.78, 5) is 37.3. The van der Waals surface area contributed by atoms with Crippen LogP contribution in [0.25, 0.3) is 10.9 Å². The molecule has 0 unspecified atom stereocenters. The summed E-state index contributed by atoms with van der Waals surface area (Å²) in [5.74, 6) is 0.354. The Morgan fingerprint density at radius 3 is 2.43 bits per heavy atom.